The second kappa shape index (κ2) is 7.88. The van der Waals surface area contributed by atoms with Crippen LogP contribution in [0.3, 0.4) is 0 Å². The van der Waals surface area contributed by atoms with Gasteiger partial charge in [-0.2, -0.15) is 0 Å². The van der Waals surface area contributed by atoms with Crippen LogP contribution in [-0.4, -0.2) is 23.3 Å². The van der Waals surface area contributed by atoms with Crippen LogP contribution in [0.15, 0.2) is 97.1 Å². The van der Waals surface area contributed by atoms with Gasteiger partial charge in [0.1, 0.15) is 0 Å². The van der Waals surface area contributed by atoms with E-state index in [9.17, 15) is 0 Å². The van der Waals surface area contributed by atoms with Crippen molar-refractivity contribution in [3.05, 3.63) is 97.1 Å². The molecule has 4 heteroatoms. The first-order valence-corrected chi connectivity index (χ1v) is 12.9. The van der Waals surface area contributed by atoms with Crippen molar-refractivity contribution in [3.63, 3.8) is 0 Å². The second-order valence-corrected chi connectivity index (χ2v) is 11.1. The topological polar surface area (TPSA) is 31.4 Å². The summed E-state index contributed by atoms with van der Waals surface area (Å²) in [6.07, 6.45) is 0. The van der Waals surface area contributed by atoms with Gasteiger partial charge in [-0.3, -0.25) is 0 Å². The molecular formula is C33H28BNO2. The van der Waals surface area contributed by atoms with Gasteiger partial charge in [-0.1, -0.05) is 84.9 Å². The predicted octanol–water partition coefficient (Wildman–Crippen LogP) is 7.66. The predicted molar refractivity (Wildman–Crippen MR) is 155 cm³/mol. The first kappa shape index (κ1) is 22.5. The van der Waals surface area contributed by atoms with E-state index >= 15 is 0 Å². The van der Waals surface area contributed by atoms with E-state index in [0.717, 1.165) is 32.7 Å². The molecule has 0 aliphatic carbocycles. The van der Waals surface area contributed by atoms with Crippen molar-refractivity contribution in [2.45, 2.75) is 38.9 Å². The molecule has 5 aromatic carbocycles. The largest absolute Gasteiger partial charge is 0.494 e. The Hall–Kier alpha value is -3.73. The minimum atomic E-state index is -0.427. The molecule has 0 amide bonds. The molecule has 1 aliphatic rings. The Morgan fingerprint density at radius 3 is 2.03 bits per heavy atom. The van der Waals surface area contributed by atoms with E-state index in [0.29, 0.717) is 0 Å². The molecule has 7 rings (SSSR count). The lowest BCUT2D eigenvalue weighted by atomic mass is 9.78. The standard InChI is InChI=1S/C33H28BNO2/c1-32(2)33(3,4)37-34(36-32)25-16-18-27-29(20-25)35-31-26-12-8-7-10-22(26)15-17-28(31)30(27)24-14-13-21-9-5-6-11-23(21)19-24/h5-20H,1-4H3. The normalized spacial score (nSPS) is 16.8. The smallest absolute Gasteiger partial charge is 0.399 e. The lowest BCUT2D eigenvalue weighted by Gasteiger charge is -2.32. The zero-order valence-electron chi connectivity index (χ0n) is 21.6. The molecular weight excluding hydrogens is 453 g/mol. The SMILES string of the molecule is CC1(C)OB(c2ccc3c(-c4ccc5ccccc5c4)c4ccc5ccccc5c4nc3c2)OC1(C)C. The lowest BCUT2D eigenvalue weighted by molar-refractivity contribution is 0.00578. The van der Waals surface area contributed by atoms with Crippen LogP contribution in [0.25, 0.3) is 54.5 Å². The third kappa shape index (κ3) is 3.47. The van der Waals surface area contributed by atoms with Crippen molar-refractivity contribution in [2.24, 2.45) is 0 Å². The van der Waals surface area contributed by atoms with Crippen LogP contribution < -0.4 is 5.46 Å². The molecule has 37 heavy (non-hydrogen) atoms. The lowest BCUT2D eigenvalue weighted by Crippen LogP contribution is -2.41. The van der Waals surface area contributed by atoms with E-state index < -0.39 is 18.3 Å². The minimum absolute atomic E-state index is 0.393. The molecule has 0 unspecified atom stereocenters. The number of benzene rings is 5. The number of rotatable bonds is 2. The summed E-state index contributed by atoms with van der Waals surface area (Å²) in [5.41, 5.74) is 4.56. The van der Waals surface area contributed by atoms with E-state index in [-0.39, 0.29) is 0 Å². The number of nitrogens with zero attached hydrogens (tertiary/aromatic N) is 1. The van der Waals surface area contributed by atoms with Gasteiger partial charge in [0.2, 0.25) is 0 Å². The molecule has 1 fully saturated rings. The Morgan fingerprint density at radius 2 is 1.24 bits per heavy atom. The van der Waals surface area contributed by atoms with Crippen LogP contribution >= 0.6 is 0 Å². The van der Waals surface area contributed by atoms with Crippen molar-refractivity contribution < 1.29 is 9.31 Å². The fourth-order valence-corrected chi connectivity index (χ4v) is 5.48. The van der Waals surface area contributed by atoms with Crippen LogP contribution in [0.5, 0.6) is 0 Å². The minimum Gasteiger partial charge on any atom is -0.399 e. The summed E-state index contributed by atoms with van der Waals surface area (Å²) in [6, 6.07) is 34.6. The van der Waals surface area contributed by atoms with E-state index in [2.05, 4.69) is 125 Å². The highest BCUT2D eigenvalue weighted by atomic mass is 16.7. The molecule has 0 saturated carbocycles. The van der Waals surface area contributed by atoms with E-state index in [1.165, 1.54) is 27.3 Å². The zero-order chi connectivity index (χ0) is 25.4. The quantitative estimate of drug-likeness (QED) is 0.145. The summed E-state index contributed by atoms with van der Waals surface area (Å²) in [7, 11) is -0.427. The van der Waals surface area contributed by atoms with Gasteiger partial charge < -0.3 is 9.31 Å². The number of fused-ring (bicyclic) bond motifs is 5. The maximum absolute atomic E-state index is 6.37. The highest BCUT2D eigenvalue weighted by molar-refractivity contribution is 6.62. The number of hydrogen-bond donors (Lipinski definition) is 0. The summed E-state index contributed by atoms with van der Waals surface area (Å²) in [6.45, 7) is 8.35. The molecule has 0 spiro atoms. The maximum Gasteiger partial charge on any atom is 0.494 e. The highest BCUT2D eigenvalue weighted by Crippen LogP contribution is 2.40. The van der Waals surface area contributed by atoms with Crippen LogP contribution in [0, 0.1) is 0 Å². The highest BCUT2D eigenvalue weighted by Gasteiger charge is 2.51. The van der Waals surface area contributed by atoms with Crippen LogP contribution in [0.4, 0.5) is 0 Å². The molecule has 1 saturated heterocycles. The van der Waals surface area contributed by atoms with E-state index in [1.807, 2.05) is 0 Å². The molecule has 3 nitrogen and oxygen atoms in total. The molecule has 0 N–H and O–H groups in total. The molecule has 0 atom stereocenters. The van der Waals surface area contributed by atoms with E-state index in [4.69, 9.17) is 14.3 Å². The van der Waals surface area contributed by atoms with Crippen LogP contribution in [-0.2, 0) is 9.31 Å². The molecule has 2 heterocycles. The van der Waals surface area contributed by atoms with Crippen molar-refractivity contribution in [3.8, 4) is 11.1 Å². The number of aromatic nitrogens is 1. The molecule has 6 aromatic rings. The molecule has 1 aromatic heterocycles. The van der Waals surface area contributed by atoms with Crippen molar-refractivity contribution in [2.75, 3.05) is 0 Å². The van der Waals surface area contributed by atoms with Gasteiger partial charge in [-0.25, -0.2) is 4.98 Å². The third-order valence-corrected chi connectivity index (χ3v) is 8.26. The van der Waals surface area contributed by atoms with Crippen molar-refractivity contribution >= 4 is 55.9 Å². The Labute approximate surface area is 217 Å². The number of pyridine rings is 1. The van der Waals surface area contributed by atoms with E-state index in [1.54, 1.807) is 0 Å². The molecule has 0 bridgehead atoms. The zero-order valence-corrected chi connectivity index (χ0v) is 21.6. The molecule has 1 aliphatic heterocycles. The van der Waals surface area contributed by atoms with Crippen LogP contribution in [0.1, 0.15) is 27.7 Å². The van der Waals surface area contributed by atoms with Gasteiger partial charge in [-0.05, 0) is 67.0 Å². The van der Waals surface area contributed by atoms with Gasteiger partial charge >= 0.3 is 7.12 Å². The summed E-state index contributed by atoms with van der Waals surface area (Å²) >= 11 is 0. The third-order valence-electron chi connectivity index (χ3n) is 8.26. The van der Waals surface area contributed by atoms with Gasteiger partial charge in [0.05, 0.1) is 22.2 Å². The summed E-state index contributed by atoms with van der Waals surface area (Å²) < 4.78 is 12.7. The second-order valence-electron chi connectivity index (χ2n) is 11.1. The first-order valence-electron chi connectivity index (χ1n) is 12.9. The average Bonchev–Trinajstić information content (AvgIpc) is 3.13. The summed E-state index contributed by atoms with van der Waals surface area (Å²) in [4.78, 5) is 5.25. The molecule has 180 valence electrons. The Morgan fingerprint density at radius 1 is 0.595 bits per heavy atom. The Balaban J connectivity index is 1.52. The number of hydrogen-bond acceptors (Lipinski definition) is 3. The maximum atomic E-state index is 6.37. The fourth-order valence-electron chi connectivity index (χ4n) is 5.48. The van der Waals surface area contributed by atoms with Crippen molar-refractivity contribution in [1.29, 1.82) is 0 Å². The first-order chi connectivity index (χ1) is 17.8. The average molecular weight is 481 g/mol. The van der Waals surface area contributed by atoms with Gasteiger partial charge in [0.15, 0.2) is 0 Å². The summed E-state index contributed by atoms with van der Waals surface area (Å²) in [5, 5.41) is 7.09. The fraction of sp³-hybridized carbons (Fsp3) is 0.182. The Bertz CT molecular complexity index is 1840. The van der Waals surface area contributed by atoms with Gasteiger partial charge in [-0.15, -0.1) is 0 Å². The summed E-state index contributed by atoms with van der Waals surface area (Å²) in [5.74, 6) is 0. The van der Waals surface area contributed by atoms with Crippen molar-refractivity contribution in [1.82, 2.24) is 4.98 Å². The van der Waals surface area contributed by atoms with Gasteiger partial charge in [0.25, 0.3) is 0 Å². The van der Waals surface area contributed by atoms with Crippen LogP contribution in [0.2, 0.25) is 0 Å². The van der Waals surface area contributed by atoms with Gasteiger partial charge in [0, 0.05) is 21.7 Å². The molecule has 0 radical (unpaired) electrons. The Kier molecular flexibility index (Phi) is 4.79. The monoisotopic (exact) mass is 481 g/mol.